The molecule has 2 aliphatic rings. The molecule has 2 fully saturated rings. The molecule has 0 aromatic heterocycles. The van der Waals surface area contributed by atoms with Crippen LogP contribution < -0.4 is 5.73 Å². The fraction of sp³-hybridized carbons (Fsp3) is 0.529. The number of hydrogen-bond acceptors (Lipinski definition) is 3. The standard InChI is InChI=1S/C17H23NS2/c18-8-4-17-15(13-5-9-19-10-6-13)2-1-3-16(17)14-7-11-20-12-14/h1-4,8,13-14H,5-7,9-12,18H2/b8-4+. The number of hydrogen-bond donors (Lipinski definition) is 1. The summed E-state index contributed by atoms with van der Waals surface area (Å²) in [7, 11) is 0. The minimum Gasteiger partial charge on any atom is -0.405 e. The maximum Gasteiger partial charge on any atom is 0.000199 e. The summed E-state index contributed by atoms with van der Waals surface area (Å²) in [6.07, 6.45) is 7.83. The molecule has 1 atom stereocenters. The summed E-state index contributed by atoms with van der Waals surface area (Å²) >= 11 is 4.18. The van der Waals surface area contributed by atoms with E-state index in [-0.39, 0.29) is 0 Å². The first-order valence-corrected chi connectivity index (χ1v) is 9.87. The van der Waals surface area contributed by atoms with Crippen molar-refractivity contribution in [2.45, 2.75) is 31.1 Å². The van der Waals surface area contributed by atoms with Crippen LogP contribution in [0.1, 0.15) is 47.8 Å². The topological polar surface area (TPSA) is 26.0 Å². The van der Waals surface area contributed by atoms with Crippen LogP contribution in [0.15, 0.2) is 24.4 Å². The van der Waals surface area contributed by atoms with Crippen LogP contribution in [0.5, 0.6) is 0 Å². The van der Waals surface area contributed by atoms with E-state index in [1.54, 1.807) is 11.8 Å². The van der Waals surface area contributed by atoms with Gasteiger partial charge < -0.3 is 5.73 Å². The van der Waals surface area contributed by atoms with E-state index >= 15 is 0 Å². The highest BCUT2D eigenvalue weighted by Crippen LogP contribution is 2.40. The van der Waals surface area contributed by atoms with Gasteiger partial charge in [-0.15, -0.1) is 0 Å². The van der Waals surface area contributed by atoms with Crippen molar-refractivity contribution in [1.29, 1.82) is 0 Å². The quantitative estimate of drug-likeness (QED) is 0.893. The first-order valence-electron chi connectivity index (χ1n) is 7.56. The van der Waals surface area contributed by atoms with Gasteiger partial charge in [0.15, 0.2) is 0 Å². The van der Waals surface area contributed by atoms with E-state index in [0.29, 0.717) is 0 Å². The average Bonchev–Trinajstić information content (AvgIpc) is 3.03. The molecule has 0 bridgehead atoms. The molecule has 0 radical (unpaired) electrons. The molecular formula is C17H23NS2. The van der Waals surface area contributed by atoms with Gasteiger partial charge in [-0.05, 0) is 77.3 Å². The van der Waals surface area contributed by atoms with Gasteiger partial charge in [-0.3, -0.25) is 0 Å². The van der Waals surface area contributed by atoms with Crippen LogP contribution in [0, 0.1) is 0 Å². The predicted molar refractivity (Wildman–Crippen MR) is 93.6 cm³/mol. The van der Waals surface area contributed by atoms with Crippen LogP contribution in [-0.4, -0.2) is 23.0 Å². The van der Waals surface area contributed by atoms with Gasteiger partial charge in [0.25, 0.3) is 0 Å². The van der Waals surface area contributed by atoms with Crippen LogP contribution >= 0.6 is 23.5 Å². The number of benzene rings is 1. The summed E-state index contributed by atoms with van der Waals surface area (Å²) in [6.45, 7) is 0. The molecule has 3 heteroatoms. The van der Waals surface area contributed by atoms with Gasteiger partial charge in [0, 0.05) is 5.75 Å². The second-order valence-electron chi connectivity index (χ2n) is 5.66. The summed E-state index contributed by atoms with van der Waals surface area (Å²) in [5, 5.41) is 0. The van der Waals surface area contributed by atoms with Crippen LogP contribution in [0.3, 0.4) is 0 Å². The molecule has 0 amide bonds. The Morgan fingerprint density at radius 2 is 1.60 bits per heavy atom. The minimum atomic E-state index is 0.726. The van der Waals surface area contributed by atoms with Gasteiger partial charge >= 0.3 is 0 Å². The van der Waals surface area contributed by atoms with Crippen LogP contribution in [0.4, 0.5) is 0 Å². The molecule has 0 aliphatic carbocycles. The molecule has 1 nitrogen and oxygen atoms in total. The Morgan fingerprint density at radius 3 is 2.25 bits per heavy atom. The zero-order valence-corrected chi connectivity index (χ0v) is 13.5. The van der Waals surface area contributed by atoms with E-state index in [4.69, 9.17) is 5.73 Å². The lowest BCUT2D eigenvalue weighted by atomic mass is 9.84. The molecule has 0 spiro atoms. The van der Waals surface area contributed by atoms with Gasteiger partial charge in [-0.1, -0.05) is 18.2 Å². The molecule has 2 saturated heterocycles. The van der Waals surface area contributed by atoms with Gasteiger partial charge in [0.2, 0.25) is 0 Å². The molecule has 2 N–H and O–H groups in total. The highest BCUT2D eigenvalue weighted by atomic mass is 32.2. The Labute approximate surface area is 130 Å². The average molecular weight is 306 g/mol. The lowest BCUT2D eigenvalue weighted by Gasteiger charge is -2.25. The highest BCUT2D eigenvalue weighted by molar-refractivity contribution is 7.99. The normalized spacial score (nSPS) is 24.5. The SMILES string of the molecule is N/C=C/c1c(C2CCSCC2)cccc1C1CCSC1. The summed E-state index contributed by atoms with van der Waals surface area (Å²) in [5.41, 5.74) is 10.2. The minimum absolute atomic E-state index is 0.726. The molecule has 2 aliphatic heterocycles. The van der Waals surface area contributed by atoms with Crippen molar-refractivity contribution in [3.63, 3.8) is 0 Å². The fourth-order valence-corrected chi connectivity index (χ4v) is 5.75. The molecule has 108 valence electrons. The summed E-state index contributed by atoms with van der Waals surface area (Å²) in [5.74, 6) is 6.65. The second-order valence-corrected chi connectivity index (χ2v) is 8.03. The van der Waals surface area contributed by atoms with Crippen LogP contribution in [0.25, 0.3) is 6.08 Å². The van der Waals surface area contributed by atoms with Gasteiger partial charge in [-0.2, -0.15) is 23.5 Å². The predicted octanol–water partition coefficient (Wildman–Crippen LogP) is 4.45. The number of rotatable bonds is 3. The lowest BCUT2D eigenvalue weighted by Crippen LogP contribution is -2.11. The Balaban J connectivity index is 1.97. The lowest BCUT2D eigenvalue weighted by molar-refractivity contribution is 0.633. The maximum absolute atomic E-state index is 5.74. The van der Waals surface area contributed by atoms with Crippen molar-refractivity contribution >= 4 is 29.6 Å². The Bertz CT molecular complexity index is 472. The summed E-state index contributed by atoms with van der Waals surface area (Å²) in [6, 6.07) is 6.93. The van der Waals surface area contributed by atoms with Gasteiger partial charge in [0.05, 0.1) is 0 Å². The van der Waals surface area contributed by atoms with Gasteiger partial charge in [-0.25, -0.2) is 0 Å². The van der Waals surface area contributed by atoms with Crippen molar-refractivity contribution < 1.29 is 0 Å². The van der Waals surface area contributed by atoms with Crippen molar-refractivity contribution in [2.24, 2.45) is 5.73 Å². The highest BCUT2D eigenvalue weighted by Gasteiger charge is 2.24. The Hall–Kier alpha value is -0.540. The smallest absolute Gasteiger partial charge is 0.000199 e. The Morgan fingerprint density at radius 1 is 0.950 bits per heavy atom. The molecular weight excluding hydrogens is 282 g/mol. The maximum atomic E-state index is 5.74. The Kier molecular flexibility index (Phi) is 5.00. The molecule has 1 unspecified atom stereocenters. The fourth-order valence-electron chi connectivity index (χ4n) is 3.39. The molecule has 0 saturated carbocycles. The number of nitrogens with two attached hydrogens (primary N) is 1. The third-order valence-electron chi connectivity index (χ3n) is 4.47. The second kappa shape index (κ2) is 6.95. The summed E-state index contributed by atoms with van der Waals surface area (Å²) in [4.78, 5) is 0. The molecule has 3 rings (SSSR count). The van der Waals surface area contributed by atoms with E-state index in [1.165, 1.54) is 53.4 Å². The van der Waals surface area contributed by atoms with E-state index in [2.05, 4.69) is 47.8 Å². The largest absolute Gasteiger partial charge is 0.405 e. The third kappa shape index (κ3) is 3.04. The van der Waals surface area contributed by atoms with Crippen LogP contribution in [0.2, 0.25) is 0 Å². The molecule has 2 heterocycles. The molecule has 20 heavy (non-hydrogen) atoms. The van der Waals surface area contributed by atoms with E-state index in [9.17, 15) is 0 Å². The zero-order chi connectivity index (χ0) is 13.8. The van der Waals surface area contributed by atoms with E-state index in [1.807, 2.05) is 0 Å². The van der Waals surface area contributed by atoms with Gasteiger partial charge in [0.1, 0.15) is 0 Å². The first-order chi connectivity index (χ1) is 9.90. The van der Waals surface area contributed by atoms with Crippen molar-refractivity contribution in [3.8, 4) is 0 Å². The number of thioether (sulfide) groups is 2. The van der Waals surface area contributed by atoms with Crippen molar-refractivity contribution in [2.75, 3.05) is 23.0 Å². The zero-order valence-electron chi connectivity index (χ0n) is 11.9. The first kappa shape index (κ1) is 14.4. The van der Waals surface area contributed by atoms with E-state index < -0.39 is 0 Å². The molecule has 1 aromatic carbocycles. The van der Waals surface area contributed by atoms with Crippen LogP contribution in [-0.2, 0) is 0 Å². The summed E-state index contributed by atoms with van der Waals surface area (Å²) < 4.78 is 0. The monoisotopic (exact) mass is 305 g/mol. The van der Waals surface area contributed by atoms with E-state index in [0.717, 1.165) is 11.8 Å². The third-order valence-corrected chi connectivity index (χ3v) is 6.68. The molecule has 1 aromatic rings. The van der Waals surface area contributed by atoms with Crippen molar-refractivity contribution in [1.82, 2.24) is 0 Å². The van der Waals surface area contributed by atoms with Crippen molar-refractivity contribution in [3.05, 3.63) is 41.1 Å².